The van der Waals surface area contributed by atoms with Crippen molar-refractivity contribution in [2.75, 3.05) is 24.3 Å². The third-order valence-corrected chi connectivity index (χ3v) is 7.09. The van der Waals surface area contributed by atoms with Gasteiger partial charge in [-0.25, -0.2) is 23.1 Å². The second-order valence-electron chi connectivity index (χ2n) is 8.81. The van der Waals surface area contributed by atoms with Crippen LogP contribution in [0.5, 0.6) is 0 Å². The molecule has 0 bridgehead atoms. The molecule has 184 valence electrons. The molecule has 2 aliphatic heterocycles. The fraction of sp³-hybridized carbons (Fsp3) is 0.524. The van der Waals surface area contributed by atoms with E-state index in [-0.39, 0.29) is 49.8 Å². The Bertz CT molecular complexity index is 1250. The Morgan fingerprint density at radius 1 is 1.24 bits per heavy atom. The van der Waals surface area contributed by atoms with E-state index in [1.807, 2.05) is 0 Å². The van der Waals surface area contributed by atoms with E-state index in [4.69, 9.17) is 4.74 Å². The number of aromatic nitrogens is 2. The zero-order chi connectivity index (χ0) is 24.5. The minimum atomic E-state index is -4.52. The van der Waals surface area contributed by atoms with Gasteiger partial charge in [0.25, 0.3) is 5.92 Å². The van der Waals surface area contributed by atoms with Gasteiger partial charge in [0, 0.05) is 24.1 Å². The molecule has 1 saturated heterocycles. The van der Waals surface area contributed by atoms with Crippen molar-refractivity contribution in [1.29, 1.82) is 0 Å². The van der Waals surface area contributed by atoms with Gasteiger partial charge in [-0.05, 0) is 30.0 Å². The van der Waals surface area contributed by atoms with Crippen molar-refractivity contribution >= 4 is 16.0 Å². The van der Waals surface area contributed by atoms with Crippen LogP contribution in [0, 0.1) is 0 Å². The topological polar surface area (TPSA) is 84.4 Å². The first-order valence-corrected chi connectivity index (χ1v) is 12.5. The summed E-state index contributed by atoms with van der Waals surface area (Å²) in [7, 11) is -3.51. The summed E-state index contributed by atoms with van der Waals surface area (Å²) in [5.41, 5.74) is 1.58. The Balaban J connectivity index is 1.59. The molecule has 5 rings (SSSR count). The van der Waals surface area contributed by atoms with Crippen molar-refractivity contribution in [3.05, 3.63) is 40.6 Å². The first kappa shape index (κ1) is 23.4. The molecule has 1 aromatic heterocycles. The van der Waals surface area contributed by atoms with Gasteiger partial charge >= 0.3 is 6.18 Å². The van der Waals surface area contributed by atoms with Crippen LogP contribution in [0.3, 0.4) is 0 Å². The monoisotopic (exact) mass is 504 g/mol. The molecule has 13 heteroatoms. The maximum Gasteiger partial charge on any atom is 0.408 e. The van der Waals surface area contributed by atoms with Gasteiger partial charge in [-0.15, -0.1) is 0 Å². The molecule has 1 aromatic carbocycles. The minimum Gasteiger partial charge on any atom is -0.375 e. The maximum absolute atomic E-state index is 14.6. The third kappa shape index (κ3) is 4.13. The fourth-order valence-electron chi connectivity index (χ4n) is 4.70. The highest BCUT2D eigenvalue weighted by molar-refractivity contribution is 7.88. The summed E-state index contributed by atoms with van der Waals surface area (Å²) in [6.45, 7) is 0.320. The summed E-state index contributed by atoms with van der Waals surface area (Å²) in [5, 5.41) is 0. The molecule has 3 heterocycles. The number of nitrogens with one attached hydrogen (secondary N) is 1. The Morgan fingerprint density at radius 3 is 2.65 bits per heavy atom. The van der Waals surface area contributed by atoms with E-state index in [0.717, 1.165) is 11.2 Å². The SMILES string of the molecule is CS(=O)(=O)N[C@H]1COCc2cc(-c3nc(N4CC[C@@H]4C(F)(F)F)nc4c3CCC4(F)F)ccc21. The summed E-state index contributed by atoms with van der Waals surface area (Å²) in [6.07, 6.45) is -4.14. The van der Waals surface area contributed by atoms with Crippen molar-refractivity contribution < 1.29 is 35.1 Å². The van der Waals surface area contributed by atoms with Gasteiger partial charge in [-0.1, -0.05) is 12.1 Å². The van der Waals surface area contributed by atoms with E-state index in [0.29, 0.717) is 16.7 Å². The third-order valence-electron chi connectivity index (χ3n) is 6.38. The molecule has 0 radical (unpaired) electrons. The number of hydrogen-bond acceptors (Lipinski definition) is 6. The molecule has 0 unspecified atom stereocenters. The summed E-state index contributed by atoms with van der Waals surface area (Å²) in [4.78, 5) is 9.11. The van der Waals surface area contributed by atoms with Crippen LogP contribution in [0.15, 0.2) is 18.2 Å². The summed E-state index contributed by atoms with van der Waals surface area (Å²) in [6, 6.07) is 2.51. The molecule has 0 spiro atoms. The molecule has 0 saturated carbocycles. The summed E-state index contributed by atoms with van der Waals surface area (Å²) < 4.78 is 101. The minimum absolute atomic E-state index is 0.00745. The van der Waals surface area contributed by atoms with Crippen LogP contribution in [-0.2, 0) is 33.7 Å². The van der Waals surface area contributed by atoms with Crippen LogP contribution >= 0.6 is 0 Å². The largest absolute Gasteiger partial charge is 0.408 e. The van der Waals surface area contributed by atoms with Crippen LogP contribution in [0.1, 0.15) is 41.3 Å². The van der Waals surface area contributed by atoms with Crippen molar-refractivity contribution in [3.63, 3.8) is 0 Å². The van der Waals surface area contributed by atoms with Gasteiger partial charge in [-0.2, -0.15) is 22.0 Å². The van der Waals surface area contributed by atoms with E-state index in [1.165, 1.54) is 0 Å². The van der Waals surface area contributed by atoms with Gasteiger partial charge in [0.15, 0.2) is 0 Å². The molecule has 2 atom stereocenters. The summed E-state index contributed by atoms with van der Waals surface area (Å²) in [5.74, 6) is -3.63. The maximum atomic E-state index is 14.6. The number of rotatable bonds is 4. The second kappa shape index (κ2) is 7.82. The number of anilines is 1. The highest BCUT2D eigenvalue weighted by Gasteiger charge is 2.51. The molecule has 0 amide bonds. The number of hydrogen-bond donors (Lipinski definition) is 1. The van der Waals surface area contributed by atoms with Gasteiger partial charge in [0.05, 0.1) is 31.2 Å². The number of fused-ring (bicyclic) bond motifs is 2. The predicted molar refractivity (Wildman–Crippen MR) is 112 cm³/mol. The van der Waals surface area contributed by atoms with Crippen LogP contribution in [0.2, 0.25) is 0 Å². The predicted octanol–water partition coefficient (Wildman–Crippen LogP) is 3.44. The van der Waals surface area contributed by atoms with Crippen molar-refractivity contribution in [3.8, 4) is 11.3 Å². The lowest BCUT2D eigenvalue weighted by atomic mass is 9.95. The Hall–Kier alpha value is -2.38. The van der Waals surface area contributed by atoms with Gasteiger partial charge in [-0.3, -0.25) is 0 Å². The van der Waals surface area contributed by atoms with Gasteiger partial charge in [0.2, 0.25) is 16.0 Å². The lowest BCUT2D eigenvalue weighted by Gasteiger charge is -2.42. The number of benzene rings is 1. The highest BCUT2D eigenvalue weighted by Crippen LogP contribution is 2.46. The molecule has 3 aliphatic rings. The molecule has 1 aliphatic carbocycles. The number of halogens is 5. The zero-order valence-electron chi connectivity index (χ0n) is 18.0. The van der Waals surface area contributed by atoms with E-state index in [1.54, 1.807) is 18.2 Å². The molecule has 34 heavy (non-hydrogen) atoms. The van der Waals surface area contributed by atoms with Gasteiger partial charge in [0.1, 0.15) is 11.7 Å². The number of ether oxygens (including phenoxy) is 1. The van der Waals surface area contributed by atoms with Crippen LogP contribution < -0.4 is 9.62 Å². The quantitative estimate of drug-likeness (QED) is 0.643. The van der Waals surface area contributed by atoms with Crippen molar-refractivity contribution in [2.45, 2.75) is 50.1 Å². The Kier molecular flexibility index (Phi) is 5.37. The first-order valence-electron chi connectivity index (χ1n) is 10.6. The van der Waals surface area contributed by atoms with Gasteiger partial charge < -0.3 is 9.64 Å². The smallest absolute Gasteiger partial charge is 0.375 e. The molecular formula is C21H21F5N4O3S. The van der Waals surface area contributed by atoms with E-state index >= 15 is 0 Å². The number of sulfonamides is 1. The number of nitrogens with zero attached hydrogens (tertiary/aromatic N) is 3. The molecule has 1 fully saturated rings. The Morgan fingerprint density at radius 2 is 2.00 bits per heavy atom. The van der Waals surface area contributed by atoms with Crippen molar-refractivity contribution in [1.82, 2.24) is 14.7 Å². The zero-order valence-corrected chi connectivity index (χ0v) is 18.8. The average molecular weight is 504 g/mol. The summed E-state index contributed by atoms with van der Waals surface area (Å²) >= 11 is 0. The van der Waals surface area contributed by atoms with Crippen LogP contribution in [0.4, 0.5) is 27.9 Å². The van der Waals surface area contributed by atoms with E-state index in [2.05, 4.69) is 14.7 Å². The highest BCUT2D eigenvalue weighted by atomic mass is 32.2. The number of alkyl halides is 5. The van der Waals surface area contributed by atoms with Crippen molar-refractivity contribution in [2.24, 2.45) is 0 Å². The molecule has 1 N–H and O–H groups in total. The first-order chi connectivity index (χ1) is 15.8. The molecular weight excluding hydrogens is 483 g/mol. The fourth-order valence-corrected chi connectivity index (χ4v) is 5.41. The molecule has 2 aromatic rings. The normalized spacial score (nSPS) is 23.9. The van der Waals surface area contributed by atoms with Crippen LogP contribution in [-0.4, -0.2) is 50.0 Å². The average Bonchev–Trinajstić information content (AvgIpc) is 2.99. The molecule has 7 nitrogen and oxygen atoms in total. The van der Waals surface area contributed by atoms with E-state index in [9.17, 15) is 30.4 Å². The lowest BCUT2D eigenvalue weighted by molar-refractivity contribution is -0.160. The standard InChI is InChI=1S/C21H21F5N4O3S/c1-34(31,32)29-15-10-33-9-12-8-11(2-3-13(12)15)17-14-4-6-20(22,23)18(14)28-19(27-17)30-7-5-16(30)21(24,25)26/h2-3,8,15-16,29H,4-7,9-10H2,1H3/t15-,16+/m0/s1. The lowest BCUT2D eigenvalue weighted by Crippen LogP contribution is -2.56. The van der Waals surface area contributed by atoms with E-state index < -0.39 is 46.3 Å². The Labute approximate surface area is 192 Å². The second-order valence-corrected chi connectivity index (χ2v) is 10.6. The van der Waals surface area contributed by atoms with Crippen LogP contribution in [0.25, 0.3) is 11.3 Å².